The van der Waals surface area contributed by atoms with Gasteiger partial charge in [-0.2, -0.15) is 4.39 Å². The maximum atomic E-state index is 14.9. The van der Waals surface area contributed by atoms with Gasteiger partial charge in [0, 0.05) is 15.7 Å². The Bertz CT molecular complexity index is 1470. The van der Waals surface area contributed by atoms with Gasteiger partial charge < -0.3 is 4.42 Å². The number of oxazole rings is 1. The van der Waals surface area contributed by atoms with Crippen LogP contribution in [-0.4, -0.2) is 18.0 Å². The summed E-state index contributed by atoms with van der Waals surface area (Å²) in [6.45, 7) is 1.76. The fourth-order valence-corrected chi connectivity index (χ4v) is 5.13. The number of fused-ring (bicyclic) bond motifs is 1. The molecule has 4 aromatic rings. The third-order valence-corrected chi connectivity index (χ3v) is 7.01. The Kier molecular flexibility index (Phi) is 5.56. The highest BCUT2D eigenvalue weighted by atomic mass is 127. The second-order valence-corrected chi connectivity index (χ2v) is 9.45. The molecule has 1 unspecified atom stereocenters. The predicted octanol–water partition coefficient (Wildman–Crippen LogP) is 4.28. The van der Waals surface area contributed by atoms with Crippen LogP contribution in [0.4, 0.5) is 14.6 Å². The van der Waals surface area contributed by atoms with Gasteiger partial charge in [0.05, 0.1) is 11.6 Å². The maximum Gasteiger partial charge on any atom is 0.420 e. The van der Waals surface area contributed by atoms with E-state index in [0.29, 0.717) is 0 Å². The van der Waals surface area contributed by atoms with Crippen LogP contribution < -0.4 is 10.5 Å². The molecule has 0 aliphatic carbocycles. The minimum atomic E-state index is -4.46. The first kappa shape index (κ1) is 21.4. The van der Waals surface area contributed by atoms with Crippen molar-refractivity contribution in [3.8, 4) is 0 Å². The third kappa shape index (κ3) is 4.06. The molecule has 2 heterocycles. The maximum absolute atomic E-state index is 14.9. The predicted molar refractivity (Wildman–Crippen MR) is 118 cm³/mol. The molecule has 160 valence electrons. The van der Waals surface area contributed by atoms with E-state index in [-0.39, 0.29) is 16.9 Å². The van der Waals surface area contributed by atoms with E-state index in [9.17, 15) is 22.0 Å². The van der Waals surface area contributed by atoms with Crippen LogP contribution in [0.3, 0.4) is 0 Å². The molecule has 2 aromatic heterocycles. The molecule has 0 fully saturated rings. The van der Waals surface area contributed by atoms with E-state index < -0.39 is 38.5 Å². The Hall–Kier alpha value is -2.80. The highest BCUT2D eigenvalue weighted by Gasteiger charge is 2.25. The standard InChI is InChI=1S/C20H14F2IN3O4S/c1-11(12-5-2-3-6-14(12)23)26-15-9-13(21)17(10-16(15)30-20(26)27)31(28,29)25-19-8-4-7-18(22)24-19/h2-11H,1H3,(H,24,25). The molecule has 7 nitrogen and oxygen atoms in total. The molecule has 11 heteroatoms. The molecule has 2 aromatic carbocycles. The van der Waals surface area contributed by atoms with E-state index in [1.165, 1.54) is 16.7 Å². The first-order valence-electron chi connectivity index (χ1n) is 8.92. The molecule has 0 aliphatic heterocycles. The van der Waals surface area contributed by atoms with Crippen molar-refractivity contribution in [2.24, 2.45) is 0 Å². The van der Waals surface area contributed by atoms with E-state index in [4.69, 9.17) is 4.42 Å². The highest BCUT2D eigenvalue weighted by Crippen LogP contribution is 2.29. The van der Waals surface area contributed by atoms with Crippen LogP contribution in [0.1, 0.15) is 18.5 Å². The lowest BCUT2D eigenvalue weighted by Crippen LogP contribution is -2.20. The number of hydrogen-bond acceptors (Lipinski definition) is 5. The SMILES string of the molecule is CC(c1ccccc1I)n1c(=O)oc2cc(S(=O)(=O)Nc3cccc(F)n3)c(F)cc21. The lowest BCUT2D eigenvalue weighted by atomic mass is 10.1. The Morgan fingerprint density at radius 2 is 1.87 bits per heavy atom. The molecule has 0 saturated carbocycles. The molecular weight excluding hydrogens is 543 g/mol. The van der Waals surface area contributed by atoms with Gasteiger partial charge in [0.15, 0.2) is 5.58 Å². The number of nitrogens with zero attached hydrogens (tertiary/aromatic N) is 2. The molecule has 0 spiro atoms. The number of sulfonamides is 1. The topological polar surface area (TPSA) is 94.2 Å². The smallest absolute Gasteiger partial charge is 0.408 e. The first-order chi connectivity index (χ1) is 14.7. The fourth-order valence-electron chi connectivity index (χ4n) is 3.22. The van der Waals surface area contributed by atoms with Gasteiger partial charge in [-0.1, -0.05) is 24.3 Å². The van der Waals surface area contributed by atoms with Crippen LogP contribution in [-0.2, 0) is 10.0 Å². The van der Waals surface area contributed by atoms with Gasteiger partial charge in [0.2, 0.25) is 5.95 Å². The van der Waals surface area contributed by atoms with Crippen molar-refractivity contribution in [3.05, 3.63) is 86.0 Å². The van der Waals surface area contributed by atoms with Gasteiger partial charge in [0.1, 0.15) is 16.5 Å². The summed E-state index contributed by atoms with van der Waals surface area (Å²) < 4.78 is 62.8. The number of anilines is 1. The lowest BCUT2D eigenvalue weighted by molar-refractivity contribution is 0.489. The summed E-state index contributed by atoms with van der Waals surface area (Å²) in [5, 5.41) is 0. The van der Waals surface area contributed by atoms with Crippen molar-refractivity contribution < 1.29 is 21.6 Å². The minimum Gasteiger partial charge on any atom is -0.408 e. The van der Waals surface area contributed by atoms with E-state index in [1.807, 2.05) is 29.0 Å². The second kappa shape index (κ2) is 8.04. The van der Waals surface area contributed by atoms with Crippen LogP contribution in [0.5, 0.6) is 0 Å². The third-order valence-electron chi connectivity index (χ3n) is 4.65. The van der Waals surface area contributed by atoms with Gasteiger partial charge in [-0.15, -0.1) is 0 Å². The van der Waals surface area contributed by atoms with Crippen LogP contribution >= 0.6 is 22.6 Å². The second-order valence-electron chi connectivity index (χ2n) is 6.64. The van der Waals surface area contributed by atoms with Crippen molar-refractivity contribution in [1.29, 1.82) is 0 Å². The van der Waals surface area contributed by atoms with Crippen molar-refractivity contribution in [3.63, 3.8) is 0 Å². The lowest BCUT2D eigenvalue weighted by Gasteiger charge is -2.15. The Balaban J connectivity index is 1.80. The van der Waals surface area contributed by atoms with E-state index >= 15 is 0 Å². The number of benzene rings is 2. The zero-order chi connectivity index (χ0) is 22.3. The molecule has 1 atom stereocenters. The van der Waals surface area contributed by atoms with Crippen LogP contribution in [0.2, 0.25) is 0 Å². The van der Waals surface area contributed by atoms with Gasteiger partial charge in [0.25, 0.3) is 10.0 Å². The van der Waals surface area contributed by atoms with Crippen LogP contribution in [0.15, 0.2) is 68.7 Å². The number of pyridine rings is 1. The van der Waals surface area contributed by atoms with Crippen molar-refractivity contribution in [1.82, 2.24) is 9.55 Å². The Morgan fingerprint density at radius 1 is 1.13 bits per heavy atom. The summed E-state index contributed by atoms with van der Waals surface area (Å²) in [4.78, 5) is 15.2. The quantitative estimate of drug-likeness (QED) is 0.292. The zero-order valence-electron chi connectivity index (χ0n) is 15.8. The summed E-state index contributed by atoms with van der Waals surface area (Å²) >= 11 is 2.13. The van der Waals surface area contributed by atoms with Gasteiger partial charge >= 0.3 is 5.76 Å². The fraction of sp³-hybridized carbons (Fsp3) is 0.100. The number of hydrogen-bond donors (Lipinski definition) is 1. The summed E-state index contributed by atoms with van der Waals surface area (Å²) in [7, 11) is -4.46. The van der Waals surface area contributed by atoms with Gasteiger partial charge in [-0.3, -0.25) is 9.29 Å². The summed E-state index contributed by atoms with van der Waals surface area (Å²) in [5.74, 6) is -3.06. The zero-order valence-corrected chi connectivity index (χ0v) is 18.8. The van der Waals surface area contributed by atoms with Gasteiger partial charge in [-0.05, 0) is 53.3 Å². The molecule has 0 bridgehead atoms. The normalized spacial score (nSPS) is 12.8. The van der Waals surface area contributed by atoms with Crippen LogP contribution in [0, 0.1) is 15.3 Å². The molecule has 0 aliphatic rings. The highest BCUT2D eigenvalue weighted by molar-refractivity contribution is 14.1. The number of aromatic nitrogens is 2. The first-order valence-corrected chi connectivity index (χ1v) is 11.5. The average molecular weight is 557 g/mol. The molecule has 31 heavy (non-hydrogen) atoms. The number of nitrogens with one attached hydrogen (secondary N) is 1. The molecular formula is C20H14F2IN3O4S. The molecule has 4 rings (SSSR count). The average Bonchev–Trinajstić information content (AvgIpc) is 3.01. The Labute approximate surface area is 188 Å². The summed E-state index contributed by atoms with van der Waals surface area (Å²) in [5.41, 5.74) is 0.832. The van der Waals surface area contributed by atoms with Crippen molar-refractivity contribution >= 4 is 49.5 Å². The van der Waals surface area contributed by atoms with Gasteiger partial charge in [-0.25, -0.2) is 22.6 Å². The molecule has 0 saturated heterocycles. The molecule has 1 N–H and O–H groups in total. The van der Waals surface area contributed by atoms with Crippen molar-refractivity contribution in [2.75, 3.05) is 4.72 Å². The molecule has 0 amide bonds. The Morgan fingerprint density at radius 3 is 2.58 bits per heavy atom. The summed E-state index contributed by atoms with van der Waals surface area (Å²) in [6.07, 6.45) is 0. The molecule has 0 radical (unpaired) electrons. The number of halogens is 3. The van der Waals surface area contributed by atoms with Crippen LogP contribution in [0.25, 0.3) is 11.1 Å². The summed E-state index contributed by atoms with van der Waals surface area (Å²) in [6, 6.07) is 12.3. The largest absolute Gasteiger partial charge is 0.420 e. The van der Waals surface area contributed by atoms with Crippen molar-refractivity contribution in [2.45, 2.75) is 17.9 Å². The monoisotopic (exact) mass is 557 g/mol. The van der Waals surface area contributed by atoms with E-state index in [2.05, 4.69) is 27.6 Å². The van der Waals surface area contributed by atoms with E-state index in [0.717, 1.165) is 27.3 Å². The minimum absolute atomic E-state index is 0.100. The van der Waals surface area contributed by atoms with E-state index in [1.54, 1.807) is 6.92 Å². The number of rotatable bonds is 5.